The van der Waals surface area contributed by atoms with Crippen molar-refractivity contribution in [2.75, 3.05) is 5.32 Å². The summed E-state index contributed by atoms with van der Waals surface area (Å²) in [5.74, 6) is -0.874. The van der Waals surface area contributed by atoms with Crippen LogP contribution < -0.4 is 11.1 Å². The fourth-order valence-corrected chi connectivity index (χ4v) is 1.98. The molecule has 2 rings (SSSR count). The summed E-state index contributed by atoms with van der Waals surface area (Å²) < 4.78 is 26.2. The Morgan fingerprint density at radius 1 is 1.27 bits per heavy atom. The van der Waals surface area contributed by atoms with Gasteiger partial charge in [0, 0.05) is 12.1 Å². The van der Waals surface area contributed by atoms with Crippen molar-refractivity contribution in [3.05, 3.63) is 29.8 Å². The number of anilines is 1. The SMILES string of the molecule is N[C@@H]1CCC[C@H]1Nc1cc(F)ccc1F. The Kier molecular flexibility index (Phi) is 2.86. The van der Waals surface area contributed by atoms with Crippen LogP contribution in [0.25, 0.3) is 0 Å². The van der Waals surface area contributed by atoms with Crippen molar-refractivity contribution >= 4 is 5.69 Å². The third-order valence-electron chi connectivity index (χ3n) is 2.84. The van der Waals surface area contributed by atoms with Gasteiger partial charge in [0.15, 0.2) is 0 Å². The molecule has 0 spiro atoms. The van der Waals surface area contributed by atoms with Gasteiger partial charge in [0.05, 0.1) is 5.69 Å². The molecule has 0 radical (unpaired) electrons. The van der Waals surface area contributed by atoms with Crippen LogP contribution in [0.3, 0.4) is 0 Å². The Labute approximate surface area is 87.5 Å². The second-order valence-electron chi connectivity index (χ2n) is 3.97. The summed E-state index contributed by atoms with van der Waals surface area (Å²) in [6.45, 7) is 0. The molecular weight excluding hydrogens is 198 g/mol. The molecule has 0 aliphatic heterocycles. The van der Waals surface area contributed by atoms with Crippen molar-refractivity contribution in [3.8, 4) is 0 Å². The van der Waals surface area contributed by atoms with Crippen molar-refractivity contribution in [3.63, 3.8) is 0 Å². The molecule has 1 aliphatic carbocycles. The van der Waals surface area contributed by atoms with Crippen LogP contribution in [0, 0.1) is 11.6 Å². The van der Waals surface area contributed by atoms with Crippen LogP contribution >= 0.6 is 0 Å². The van der Waals surface area contributed by atoms with Gasteiger partial charge in [-0.25, -0.2) is 8.78 Å². The molecule has 1 aromatic carbocycles. The van der Waals surface area contributed by atoms with Crippen LogP contribution in [0.15, 0.2) is 18.2 Å². The highest BCUT2D eigenvalue weighted by atomic mass is 19.1. The van der Waals surface area contributed by atoms with Gasteiger partial charge in [-0.15, -0.1) is 0 Å². The first-order valence-corrected chi connectivity index (χ1v) is 5.14. The number of hydrogen-bond acceptors (Lipinski definition) is 2. The quantitative estimate of drug-likeness (QED) is 0.789. The van der Waals surface area contributed by atoms with E-state index in [1.807, 2.05) is 0 Å². The van der Waals surface area contributed by atoms with E-state index < -0.39 is 11.6 Å². The Hall–Kier alpha value is -1.16. The predicted octanol–water partition coefficient (Wildman–Crippen LogP) is 2.26. The molecule has 4 heteroatoms. The largest absolute Gasteiger partial charge is 0.378 e. The lowest BCUT2D eigenvalue weighted by molar-refractivity contribution is 0.590. The topological polar surface area (TPSA) is 38.0 Å². The number of halogens is 2. The van der Waals surface area contributed by atoms with Gasteiger partial charge in [0.2, 0.25) is 0 Å². The van der Waals surface area contributed by atoms with Crippen LogP contribution in [0.1, 0.15) is 19.3 Å². The molecule has 2 atom stereocenters. The molecule has 1 saturated carbocycles. The van der Waals surface area contributed by atoms with Gasteiger partial charge in [-0.3, -0.25) is 0 Å². The van der Waals surface area contributed by atoms with Crippen LogP contribution in [-0.2, 0) is 0 Å². The minimum atomic E-state index is -0.439. The van der Waals surface area contributed by atoms with Crippen molar-refractivity contribution < 1.29 is 8.78 Å². The number of rotatable bonds is 2. The van der Waals surface area contributed by atoms with E-state index >= 15 is 0 Å². The van der Waals surface area contributed by atoms with Gasteiger partial charge in [0.1, 0.15) is 11.6 Å². The molecular formula is C11H14F2N2. The normalized spacial score (nSPS) is 25.5. The molecule has 0 aromatic heterocycles. The van der Waals surface area contributed by atoms with Crippen molar-refractivity contribution in [2.24, 2.45) is 5.73 Å². The fourth-order valence-electron chi connectivity index (χ4n) is 1.98. The molecule has 2 nitrogen and oxygen atoms in total. The van der Waals surface area contributed by atoms with E-state index in [1.165, 1.54) is 6.07 Å². The summed E-state index contributed by atoms with van der Waals surface area (Å²) in [5, 5.41) is 2.96. The number of nitrogens with one attached hydrogen (secondary N) is 1. The van der Waals surface area contributed by atoms with Crippen LogP contribution in [0.5, 0.6) is 0 Å². The zero-order chi connectivity index (χ0) is 10.8. The number of benzene rings is 1. The molecule has 15 heavy (non-hydrogen) atoms. The highest BCUT2D eigenvalue weighted by Gasteiger charge is 2.24. The van der Waals surface area contributed by atoms with Crippen LogP contribution in [0.2, 0.25) is 0 Å². The van der Waals surface area contributed by atoms with Crippen LogP contribution in [-0.4, -0.2) is 12.1 Å². The van der Waals surface area contributed by atoms with E-state index in [4.69, 9.17) is 5.73 Å². The lowest BCUT2D eigenvalue weighted by Crippen LogP contribution is -2.35. The van der Waals surface area contributed by atoms with Gasteiger partial charge >= 0.3 is 0 Å². The van der Waals surface area contributed by atoms with Crippen LogP contribution in [0.4, 0.5) is 14.5 Å². The van der Waals surface area contributed by atoms with Gasteiger partial charge < -0.3 is 11.1 Å². The first-order valence-electron chi connectivity index (χ1n) is 5.14. The maximum Gasteiger partial charge on any atom is 0.146 e. The minimum absolute atomic E-state index is 0.0349. The Bertz CT molecular complexity index is 354. The highest BCUT2D eigenvalue weighted by Crippen LogP contribution is 2.23. The Balaban J connectivity index is 2.12. The maximum atomic E-state index is 13.3. The summed E-state index contributed by atoms with van der Waals surface area (Å²) in [5.41, 5.74) is 6.04. The summed E-state index contributed by atoms with van der Waals surface area (Å²) in [6, 6.07) is 3.49. The van der Waals surface area contributed by atoms with E-state index in [9.17, 15) is 8.78 Å². The highest BCUT2D eigenvalue weighted by molar-refractivity contribution is 5.46. The standard InChI is InChI=1S/C11H14F2N2/c12-7-4-5-8(13)11(6-7)15-10-3-1-2-9(10)14/h4-6,9-10,15H,1-3,14H2/t9-,10-/m1/s1. The third-order valence-corrected chi connectivity index (χ3v) is 2.84. The second kappa shape index (κ2) is 4.14. The minimum Gasteiger partial charge on any atom is -0.378 e. The monoisotopic (exact) mass is 212 g/mol. The van der Waals surface area contributed by atoms with E-state index in [1.54, 1.807) is 0 Å². The summed E-state index contributed by atoms with van der Waals surface area (Å²) in [6.07, 6.45) is 2.89. The Morgan fingerprint density at radius 3 is 2.73 bits per heavy atom. The lowest BCUT2D eigenvalue weighted by Gasteiger charge is -2.18. The van der Waals surface area contributed by atoms with E-state index in [2.05, 4.69) is 5.32 Å². The molecule has 1 aromatic rings. The summed E-state index contributed by atoms with van der Waals surface area (Å²) >= 11 is 0. The van der Waals surface area contributed by atoms with Gasteiger partial charge in [-0.05, 0) is 37.5 Å². The second-order valence-corrected chi connectivity index (χ2v) is 3.97. The molecule has 0 saturated heterocycles. The third kappa shape index (κ3) is 2.26. The molecule has 82 valence electrons. The summed E-state index contributed by atoms with van der Waals surface area (Å²) in [7, 11) is 0. The molecule has 1 aliphatic rings. The first kappa shape index (κ1) is 10.4. The van der Waals surface area contributed by atoms with Gasteiger partial charge in [-0.1, -0.05) is 0 Å². The molecule has 0 heterocycles. The van der Waals surface area contributed by atoms with E-state index in [-0.39, 0.29) is 17.8 Å². The van der Waals surface area contributed by atoms with E-state index in [0.29, 0.717) is 0 Å². The number of nitrogens with two attached hydrogens (primary N) is 1. The molecule has 3 N–H and O–H groups in total. The zero-order valence-electron chi connectivity index (χ0n) is 8.34. The molecule has 0 amide bonds. The predicted molar refractivity (Wildman–Crippen MR) is 55.6 cm³/mol. The van der Waals surface area contributed by atoms with Crippen molar-refractivity contribution in [2.45, 2.75) is 31.3 Å². The average molecular weight is 212 g/mol. The number of hydrogen-bond donors (Lipinski definition) is 2. The van der Waals surface area contributed by atoms with Crippen molar-refractivity contribution in [1.82, 2.24) is 0 Å². The van der Waals surface area contributed by atoms with E-state index in [0.717, 1.165) is 31.4 Å². The molecule has 0 unspecified atom stereocenters. The van der Waals surface area contributed by atoms with Crippen molar-refractivity contribution in [1.29, 1.82) is 0 Å². The summed E-state index contributed by atoms with van der Waals surface area (Å²) in [4.78, 5) is 0. The van der Waals surface area contributed by atoms with Gasteiger partial charge in [0.25, 0.3) is 0 Å². The molecule has 0 bridgehead atoms. The Morgan fingerprint density at radius 2 is 2.07 bits per heavy atom. The smallest absolute Gasteiger partial charge is 0.146 e. The maximum absolute atomic E-state index is 13.3. The average Bonchev–Trinajstić information content (AvgIpc) is 2.58. The fraction of sp³-hybridized carbons (Fsp3) is 0.455. The molecule has 1 fully saturated rings. The zero-order valence-corrected chi connectivity index (χ0v) is 8.34. The lowest BCUT2D eigenvalue weighted by atomic mass is 10.1. The first-order chi connectivity index (χ1) is 7.16. The van der Waals surface area contributed by atoms with Gasteiger partial charge in [-0.2, -0.15) is 0 Å².